The smallest absolute Gasteiger partial charge is 0.237 e. The molecule has 1 aliphatic rings. The molecular formula is C18H20N2O2S2. The average molecular weight is 361 g/mol. The van der Waals surface area contributed by atoms with E-state index in [-0.39, 0.29) is 23.8 Å². The molecule has 4 nitrogen and oxygen atoms in total. The highest BCUT2D eigenvalue weighted by molar-refractivity contribution is 7.99. The first-order valence-electron chi connectivity index (χ1n) is 7.88. The second kappa shape index (κ2) is 7.40. The van der Waals surface area contributed by atoms with Crippen LogP contribution < -0.4 is 10.6 Å². The highest BCUT2D eigenvalue weighted by Crippen LogP contribution is 2.38. The van der Waals surface area contributed by atoms with Gasteiger partial charge in [0.05, 0.1) is 11.7 Å². The summed E-state index contributed by atoms with van der Waals surface area (Å²) in [5.74, 6) is 0.710. The van der Waals surface area contributed by atoms with Gasteiger partial charge in [0.25, 0.3) is 0 Å². The van der Waals surface area contributed by atoms with Gasteiger partial charge in [-0.25, -0.2) is 0 Å². The predicted molar refractivity (Wildman–Crippen MR) is 100 cm³/mol. The first-order chi connectivity index (χ1) is 11.6. The largest absolute Gasteiger partial charge is 0.369 e. The van der Waals surface area contributed by atoms with Crippen LogP contribution in [-0.2, 0) is 15.3 Å². The lowest BCUT2D eigenvalue weighted by Gasteiger charge is -2.38. The van der Waals surface area contributed by atoms with Gasteiger partial charge in [-0.15, -0.1) is 23.1 Å². The van der Waals surface area contributed by atoms with Gasteiger partial charge in [-0.05, 0) is 36.4 Å². The minimum atomic E-state index is -0.325. The van der Waals surface area contributed by atoms with Crippen LogP contribution in [0.2, 0.25) is 0 Å². The number of thioether (sulfide) groups is 1. The number of para-hydroxylation sites is 1. The van der Waals surface area contributed by atoms with E-state index >= 15 is 0 Å². The molecule has 2 N–H and O–H groups in total. The zero-order chi connectivity index (χ0) is 17.1. The number of nitrogens with two attached hydrogens (primary N) is 1. The van der Waals surface area contributed by atoms with E-state index in [1.165, 1.54) is 4.88 Å². The third-order valence-corrected chi connectivity index (χ3v) is 6.28. The van der Waals surface area contributed by atoms with Crippen LogP contribution in [0.1, 0.15) is 29.7 Å². The fourth-order valence-corrected chi connectivity index (χ4v) is 4.89. The summed E-state index contributed by atoms with van der Waals surface area (Å²) in [6.07, 6.45) is 0.577. The minimum Gasteiger partial charge on any atom is -0.369 e. The Bertz CT molecular complexity index is 730. The maximum Gasteiger partial charge on any atom is 0.237 e. The van der Waals surface area contributed by atoms with Crippen LogP contribution in [-0.4, -0.2) is 23.6 Å². The summed E-state index contributed by atoms with van der Waals surface area (Å²) in [6, 6.07) is 11.7. The summed E-state index contributed by atoms with van der Waals surface area (Å²) in [5, 5.41) is 2.05. The number of carbonyl (C=O) groups is 2. The summed E-state index contributed by atoms with van der Waals surface area (Å²) in [5.41, 5.74) is 7.24. The van der Waals surface area contributed by atoms with Gasteiger partial charge in [0.2, 0.25) is 11.8 Å². The van der Waals surface area contributed by atoms with Crippen molar-refractivity contribution in [2.24, 2.45) is 5.73 Å². The Morgan fingerprint density at radius 2 is 2.08 bits per heavy atom. The van der Waals surface area contributed by atoms with Gasteiger partial charge in [-0.1, -0.05) is 24.3 Å². The van der Waals surface area contributed by atoms with Crippen molar-refractivity contribution in [3.05, 3.63) is 52.2 Å². The Labute approximate surface area is 150 Å². The number of hydrogen-bond acceptors (Lipinski definition) is 4. The van der Waals surface area contributed by atoms with E-state index in [0.717, 1.165) is 17.0 Å². The second-order valence-electron chi connectivity index (χ2n) is 5.93. The Kier molecular flexibility index (Phi) is 5.26. The number of fused-ring (bicyclic) bond motifs is 1. The van der Waals surface area contributed by atoms with Crippen molar-refractivity contribution in [1.82, 2.24) is 0 Å². The number of nitrogens with zero attached hydrogens (tertiary/aromatic N) is 1. The fourth-order valence-electron chi connectivity index (χ4n) is 3.17. The number of amides is 2. The zero-order valence-corrected chi connectivity index (χ0v) is 15.1. The molecule has 0 saturated carbocycles. The summed E-state index contributed by atoms with van der Waals surface area (Å²) < 4.78 is 0. The van der Waals surface area contributed by atoms with E-state index in [1.807, 2.05) is 47.5 Å². The van der Waals surface area contributed by atoms with E-state index in [9.17, 15) is 9.59 Å². The summed E-state index contributed by atoms with van der Waals surface area (Å²) >= 11 is 3.33. The number of primary amides is 1. The van der Waals surface area contributed by atoms with Gasteiger partial charge in [-0.2, -0.15) is 0 Å². The molecule has 2 amide bonds. The normalized spacial score (nSPS) is 19.8. The molecule has 0 radical (unpaired) electrons. The third-order valence-electron chi connectivity index (χ3n) is 4.25. The summed E-state index contributed by atoms with van der Waals surface area (Å²) in [6.45, 7) is 1.98. The summed E-state index contributed by atoms with van der Waals surface area (Å²) in [7, 11) is 0. The lowest BCUT2D eigenvalue weighted by molar-refractivity contribution is -0.121. The Balaban J connectivity index is 1.75. The average Bonchev–Trinajstić information content (AvgIpc) is 3.07. The van der Waals surface area contributed by atoms with E-state index in [1.54, 1.807) is 23.1 Å². The lowest BCUT2D eigenvalue weighted by Crippen LogP contribution is -2.46. The predicted octanol–water partition coefficient (Wildman–Crippen LogP) is 3.38. The monoisotopic (exact) mass is 360 g/mol. The van der Waals surface area contributed by atoms with E-state index < -0.39 is 0 Å². The molecule has 1 aromatic carbocycles. The van der Waals surface area contributed by atoms with E-state index in [0.29, 0.717) is 12.2 Å². The molecule has 1 aromatic heterocycles. The number of hydrogen-bond donors (Lipinski definition) is 1. The molecule has 3 rings (SSSR count). The van der Waals surface area contributed by atoms with Crippen LogP contribution in [0.15, 0.2) is 41.8 Å². The van der Waals surface area contributed by atoms with Gasteiger partial charge >= 0.3 is 0 Å². The highest BCUT2D eigenvalue weighted by atomic mass is 32.2. The Hall–Kier alpha value is -1.79. The van der Waals surface area contributed by atoms with Crippen molar-refractivity contribution in [2.45, 2.75) is 31.1 Å². The number of anilines is 1. The molecule has 0 fully saturated rings. The zero-order valence-electron chi connectivity index (χ0n) is 13.5. The fraction of sp³-hybridized carbons (Fsp3) is 0.333. The number of rotatable bonds is 5. The second-order valence-corrected chi connectivity index (χ2v) is 7.95. The first kappa shape index (κ1) is 17.0. The van der Waals surface area contributed by atoms with Crippen molar-refractivity contribution in [3.8, 4) is 0 Å². The van der Waals surface area contributed by atoms with E-state index in [2.05, 4.69) is 6.07 Å². The molecule has 2 aromatic rings. The van der Waals surface area contributed by atoms with Crippen LogP contribution in [0.4, 0.5) is 5.69 Å². The molecule has 126 valence electrons. The van der Waals surface area contributed by atoms with Crippen molar-refractivity contribution >= 4 is 40.6 Å². The molecule has 0 unspecified atom stereocenters. The van der Waals surface area contributed by atoms with E-state index in [4.69, 9.17) is 5.73 Å². The van der Waals surface area contributed by atoms with Gasteiger partial charge in [0.15, 0.2) is 0 Å². The molecule has 2 atom stereocenters. The quantitative estimate of drug-likeness (QED) is 0.889. The topological polar surface area (TPSA) is 63.4 Å². The minimum absolute atomic E-state index is 0.0350. The van der Waals surface area contributed by atoms with Gasteiger partial charge in [-0.3, -0.25) is 9.59 Å². The summed E-state index contributed by atoms with van der Waals surface area (Å²) in [4.78, 5) is 27.6. The highest BCUT2D eigenvalue weighted by Gasteiger charge is 2.35. The van der Waals surface area contributed by atoms with Gasteiger partial charge < -0.3 is 10.6 Å². The van der Waals surface area contributed by atoms with Crippen LogP contribution in [0.5, 0.6) is 0 Å². The van der Waals surface area contributed by atoms with Crippen LogP contribution in [0.3, 0.4) is 0 Å². The van der Waals surface area contributed by atoms with Gasteiger partial charge in [0.1, 0.15) is 0 Å². The van der Waals surface area contributed by atoms with Crippen molar-refractivity contribution < 1.29 is 9.59 Å². The Morgan fingerprint density at radius 1 is 1.29 bits per heavy atom. The molecule has 24 heavy (non-hydrogen) atoms. The molecule has 0 aliphatic carbocycles. The molecule has 0 bridgehead atoms. The number of carbonyl (C=O) groups excluding carboxylic acids is 2. The third kappa shape index (κ3) is 3.49. The van der Waals surface area contributed by atoms with Crippen molar-refractivity contribution in [2.75, 3.05) is 10.7 Å². The molecule has 1 aliphatic heterocycles. The SMILES string of the molecule is C[C@H]1C[C@H](C(N)=O)c2ccccc2N1C(=O)CSCc1cccs1. The maximum absolute atomic E-state index is 12.8. The van der Waals surface area contributed by atoms with Crippen molar-refractivity contribution in [3.63, 3.8) is 0 Å². The molecule has 0 saturated heterocycles. The van der Waals surface area contributed by atoms with Gasteiger partial charge in [0, 0.05) is 22.4 Å². The molecular weight excluding hydrogens is 340 g/mol. The molecule has 2 heterocycles. The number of thiophene rings is 1. The van der Waals surface area contributed by atoms with Crippen LogP contribution in [0, 0.1) is 0 Å². The number of benzene rings is 1. The maximum atomic E-state index is 12.8. The van der Waals surface area contributed by atoms with Crippen molar-refractivity contribution in [1.29, 1.82) is 0 Å². The standard InChI is InChI=1S/C18H20N2O2S2/c1-12-9-15(18(19)22)14-6-2-3-7-16(14)20(12)17(21)11-23-10-13-5-4-8-24-13/h2-8,12,15H,9-11H2,1H3,(H2,19,22)/t12-,15-/m0/s1. The Morgan fingerprint density at radius 3 is 2.79 bits per heavy atom. The first-order valence-corrected chi connectivity index (χ1v) is 9.91. The van der Waals surface area contributed by atoms with Crippen LogP contribution >= 0.6 is 23.1 Å². The van der Waals surface area contributed by atoms with Crippen LogP contribution in [0.25, 0.3) is 0 Å². The molecule has 6 heteroatoms. The lowest BCUT2D eigenvalue weighted by atomic mass is 9.85. The molecule has 0 spiro atoms.